The van der Waals surface area contributed by atoms with Crippen molar-refractivity contribution in [2.45, 2.75) is 19.9 Å². The predicted octanol–water partition coefficient (Wildman–Crippen LogP) is 4.83. The summed E-state index contributed by atoms with van der Waals surface area (Å²) < 4.78 is 2.21. The van der Waals surface area contributed by atoms with Crippen molar-refractivity contribution in [2.75, 3.05) is 5.88 Å². The summed E-state index contributed by atoms with van der Waals surface area (Å²) in [4.78, 5) is 4.70. The average Bonchev–Trinajstić information content (AvgIpc) is 2.79. The van der Waals surface area contributed by atoms with Gasteiger partial charge in [0.25, 0.3) is 0 Å². The van der Waals surface area contributed by atoms with Gasteiger partial charge in [0.1, 0.15) is 5.82 Å². The van der Waals surface area contributed by atoms with Gasteiger partial charge in [-0.2, -0.15) is 0 Å². The van der Waals surface area contributed by atoms with Crippen LogP contribution in [0.15, 0.2) is 42.5 Å². The van der Waals surface area contributed by atoms with Gasteiger partial charge < -0.3 is 4.57 Å². The van der Waals surface area contributed by atoms with E-state index in [4.69, 9.17) is 28.2 Å². The van der Waals surface area contributed by atoms with Gasteiger partial charge in [-0.05, 0) is 36.2 Å². The van der Waals surface area contributed by atoms with Gasteiger partial charge >= 0.3 is 0 Å². The number of aromatic nitrogens is 2. The van der Waals surface area contributed by atoms with E-state index in [1.165, 1.54) is 5.56 Å². The molecule has 0 N–H and O–H groups in total. The third kappa shape index (κ3) is 2.92. The highest BCUT2D eigenvalue weighted by Crippen LogP contribution is 2.23. The van der Waals surface area contributed by atoms with Crippen molar-refractivity contribution < 1.29 is 0 Å². The standard InChI is InChI=1S/C17H16Cl2N2/c1-12-6-7-15-16(10-12)21(17(20-15)8-9-18)11-13-4-2-3-5-14(13)19/h2-7,10H,8-9,11H2,1H3. The minimum absolute atomic E-state index is 0.560. The largest absolute Gasteiger partial charge is 0.323 e. The number of nitrogens with zero attached hydrogens (tertiary/aromatic N) is 2. The van der Waals surface area contributed by atoms with Crippen LogP contribution in [0.4, 0.5) is 0 Å². The molecule has 3 rings (SSSR count). The summed E-state index contributed by atoms with van der Waals surface area (Å²) in [5.41, 5.74) is 4.46. The number of rotatable bonds is 4. The van der Waals surface area contributed by atoms with Gasteiger partial charge in [0.05, 0.1) is 17.6 Å². The lowest BCUT2D eigenvalue weighted by molar-refractivity contribution is 0.754. The van der Waals surface area contributed by atoms with Crippen LogP contribution in [0.3, 0.4) is 0 Å². The molecule has 3 aromatic rings. The van der Waals surface area contributed by atoms with Crippen molar-refractivity contribution in [2.24, 2.45) is 0 Å². The summed E-state index contributed by atoms with van der Waals surface area (Å²) in [6.45, 7) is 2.80. The number of halogens is 2. The summed E-state index contributed by atoms with van der Waals surface area (Å²) in [6.07, 6.45) is 0.750. The molecule has 4 heteroatoms. The number of benzene rings is 2. The summed E-state index contributed by atoms with van der Waals surface area (Å²) in [7, 11) is 0. The SMILES string of the molecule is Cc1ccc2nc(CCCl)n(Cc3ccccc3Cl)c2c1. The first kappa shape index (κ1) is 14.4. The Morgan fingerprint density at radius 1 is 1.14 bits per heavy atom. The molecule has 0 spiro atoms. The molecular formula is C17H16Cl2N2. The smallest absolute Gasteiger partial charge is 0.111 e. The first-order valence-corrected chi connectivity index (χ1v) is 7.85. The molecule has 0 saturated heterocycles. The highest BCUT2D eigenvalue weighted by Gasteiger charge is 2.12. The molecule has 2 nitrogen and oxygen atoms in total. The zero-order valence-corrected chi connectivity index (χ0v) is 13.3. The van der Waals surface area contributed by atoms with Crippen LogP contribution < -0.4 is 0 Å². The second kappa shape index (κ2) is 6.08. The van der Waals surface area contributed by atoms with Crippen LogP contribution >= 0.6 is 23.2 Å². The van der Waals surface area contributed by atoms with Crippen molar-refractivity contribution in [1.29, 1.82) is 0 Å². The van der Waals surface area contributed by atoms with E-state index < -0.39 is 0 Å². The Hall–Kier alpha value is -1.51. The molecule has 0 fully saturated rings. The molecule has 0 atom stereocenters. The minimum Gasteiger partial charge on any atom is -0.323 e. The maximum atomic E-state index is 6.29. The van der Waals surface area contributed by atoms with Crippen LogP contribution in [0.1, 0.15) is 17.0 Å². The third-order valence-corrected chi connectivity index (χ3v) is 4.14. The van der Waals surface area contributed by atoms with Gasteiger partial charge in [-0.15, -0.1) is 11.6 Å². The van der Waals surface area contributed by atoms with E-state index >= 15 is 0 Å². The quantitative estimate of drug-likeness (QED) is 0.630. The molecule has 0 aliphatic carbocycles. The fraction of sp³-hybridized carbons (Fsp3) is 0.235. The van der Waals surface area contributed by atoms with Gasteiger partial charge in [-0.3, -0.25) is 0 Å². The Kier molecular flexibility index (Phi) is 4.18. The van der Waals surface area contributed by atoms with Crippen molar-refractivity contribution >= 4 is 34.2 Å². The Morgan fingerprint density at radius 3 is 2.71 bits per heavy atom. The maximum Gasteiger partial charge on any atom is 0.111 e. The van der Waals surface area contributed by atoms with E-state index in [0.29, 0.717) is 12.4 Å². The highest BCUT2D eigenvalue weighted by atomic mass is 35.5. The van der Waals surface area contributed by atoms with Gasteiger partial charge in [0.2, 0.25) is 0 Å². The maximum absolute atomic E-state index is 6.29. The fourth-order valence-corrected chi connectivity index (χ4v) is 2.90. The predicted molar refractivity (Wildman–Crippen MR) is 89.4 cm³/mol. The molecule has 1 aromatic heterocycles. The molecule has 0 bridgehead atoms. The summed E-state index contributed by atoms with van der Waals surface area (Å²) in [6, 6.07) is 14.2. The first-order chi connectivity index (χ1) is 10.2. The molecule has 0 aliphatic heterocycles. The van der Waals surface area contributed by atoms with Crippen molar-refractivity contribution in [3.63, 3.8) is 0 Å². The monoisotopic (exact) mass is 318 g/mol. The molecule has 1 heterocycles. The van der Waals surface area contributed by atoms with Crippen LogP contribution in [0.2, 0.25) is 5.02 Å². The second-order valence-electron chi connectivity index (χ2n) is 5.14. The van der Waals surface area contributed by atoms with Crippen LogP contribution in [0, 0.1) is 6.92 Å². The fourth-order valence-electron chi connectivity index (χ4n) is 2.53. The number of alkyl halides is 1. The number of fused-ring (bicyclic) bond motifs is 1. The average molecular weight is 319 g/mol. The molecule has 0 radical (unpaired) electrons. The van der Waals surface area contributed by atoms with Crippen molar-refractivity contribution in [3.05, 3.63) is 64.4 Å². The van der Waals surface area contributed by atoms with Gasteiger partial charge in [0, 0.05) is 17.3 Å². The normalized spacial score (nSPS) is 11.2. The Labute approximate surface area is 134 Å². The Balaban J connectivity index is 2.12. The topological polar surface area (TPSA) is 17.8 Å². The van der Waals surface area contributed by atoms with Gasteiger partial charge in [0.15, 0.2) is 0 Å². The minimum atomic E-state index is 0.560. The molecule has 0 saturated carbocycles. The zero-order chi connectivity index (χ0) is 14.8. The summed E-state index contributed by atoms with van der Waals surface area (Å²) in [5, 5.41) is 0.781. The van der Waals surface area contributed by atoms with E-state index in [1.54, 1.807) is 0 Å². The van der Waals surface area contributed by atoms with Crippen LogP contribution in [-0.4, -0.2) is 15.4 Å². The summed E-state index contributed by atoms with van der Waals surface area (Å²) in [5.74, 6) is 1.57. The van der Waals surface area contributed by atoms with E-state index in [2.05, 4.69) is 35.8 Å². The molecule has 108 valence electrons. The number of aryl methyl sites for hydroxylation is 2. The molecule has 21 heavy (non-hydrogen) atoms. The van der Waals surface area contributed by atoms with Crippen LogP contribution in [-0.2, 0) is 13.0 Å². The molecule has 2 aromatic carbocycles. The first-order valence-electron chi connectivity index (χ1n) is 6.94. The van der Waals surface area contributed by atoms with E-state index in [9.17, 15) is 0 Å². The Bertz CT molecular complexity index is 778. The molecule has 0 amide bonds. The van der Waals surface area contributed by atoms with E-state index in [-0.39, 0.29) is 0 Å². The lowest BCUT2D eigenvalue weighted by atomic mass is 10.2. The number of imidazole rings is 1. The molecule has 0 aliphatic rings. The number of hydrogen-bond acceptors (Lipinski definition) is 1. The van der Waals surface area contributed by atoms with E-state index in [1.807, 2.05) is 18.2 Å². The number of hydrogen-bond donors (Lipinski definition) is 0. The molecule has 0 unspecified atom stereocenters. The van der Waals surface area contributed by atoms with Gasteiger partial charge in [-0.1, -0.05) is 35.9 Å². The lowest BCUT2D eigenvalue weighted by Crippen LogP contribution is -2.06. The summed E-state index contributed by atoms with van der Waals surface area (Å²) >= 11 is 12.2. The second-order valence-corrected chi connectivity index (χ2v) is 5.92. The Morgan fingerprint density at radius 2 is 1.95 bits per heavy atom. The molecular weight excluding hydrogens is 303 g/mol. The van der Waals surface area contributed by atoms with E-state index in [0.717, 1.165) is 33.9 Å². The van der Waals surface area contributed by atoms with Crippen LogP contribution in [0.25, 0.3) is 11.0 Å². The van der Waals surface area contributed by atoms with Crippen LogP contribution in [0.5, 0.6) is 0 Å². The highest BCUT2D eigenvalue weighted by molar-refractivity contribution is 6.31. The van der Waals surface area contributed by atoms with Gasteiger partial charge in [-0.25, -0.2) is 4.98 Å². The zero-order valence-electron chi connectivity index (χ0n) is 11.8. The van der Waals surface area contributed by atoms with Crippen molar-refractivity contribution in [3.8, 4) is 0 Å². The van der Waals surface area contributed by atoms with Crippen molar-refractivity contribution in [1.82, 2.24) is 9.55 Å². The lowest BCUT2D eigenvalue weighted by Gasteiger charge is -2.10. The third-order valence-electron chi connectivity index (χ3n) is 3.59.